The molecule has 6 heteroatoms. The van der Waals surface area contributed by atoms with E-state index < -0.39 is 11.6 Å². The summed E-state index contributed by atoms with van der Waals surface area (Å²) in [7, 11) is 0. The maximum Gasteiger partial charge on any atom is 0.134 e. The van der Waals surface area contributed by atoms with Crippen molar-refractivity contribution in [2.24, 2.45) is 0 Å². The third-order valence-corrected chi connectivity index (χ3v) is 3.37. The van der Waals surface area contributed by atoms with E-state index >= 15 is 0 Å². The molecule has 0 radical (unpaired) electrons. The van der Waals surface area contributed by atoms with E-state index in [4.69, 9.17) is 15.9 Å². The zero-order chi connectivity index (χ0) is 16.1. The van der Waals surface area contributed by atoms with Gasteiger partial charge in [-0.05, 0) is 30.3 Å². The van der Waals surface area contributed by atoms with Crippen molar-refractivity contribution in [3.05, 3.63) is 48.0 Å². The Morgan fingerprint density at radius 2 is 1.55 bits per heavy atom. The normalized spacial score (nSPS) is 10.7. The van der Waals surface area contributed by atoms with Crippen molar-refractivity contribution < 1.29 is 19.0 Å². The molecular weight excluding hydrogens is 290 g/mol. The zero-order valence-corrected chi connectivity index (χ0v) is 12.0. The number of hydrogen-bond donors (Lipinski definition) is 3. The molecule has 4 N–H and O–H groups in total. The Hall–Kier alpha value is -2.18. The SMILES string of the molecule is Nc1ccc(N(CCO)CCO)cc1-c1c(F)cccc1F. The van der Waals surface area contributed by atoms with Crippen molar-refractivity contribution in [1.82, 2.24) is 0 Å². The smallest absolute Gasteiger partial charge is 0.134 e. The van der Waals surface area contributed by atoms with Crippen molar-refractivity contribution in [1.29, 1.82) is 0 Å². The highest BCUT2D eigenvalue weighted by atomic mass is 19.1. The summed E-state index contributed by atoms with van der Waals surface area (Å²) in [5.74, 6) is -1.39. The van der Waals surface area contributed by atoms with Crippen LogP contribution in [-0.2, 0) is 0 Å². The summed E-state index contributed by atoms with van der Waals surface area (Å²) in [5, 5.41) is 18.2. The molecule has 2 aromatic rings. The lowest BCUT2D eigenvalue weighted by atomic mass is 10.0. The maximum atomic E-state index is 14.0. The van der Waals surface area contributed by atoms with Crippen LogP contribution in [0, 0.1) is 11.6 Å². The Balaban J connectivity index is 2.51. The number of anilines is 2. The standard InChI is InChI=1S/C16H18F2N2O2/c17-13-2-1-3-14(18)16(13)12-10-11(4-5-15(12)19)20(6-8-21)7-9-22/h1-5,10,21-22H,6-9,19H2. The third kappa shape index (κ3) is 3.35. The van der Waals surface area contributed by atoms with Crippen LogP contribution < -0.4 is 10.6 Å². The quantitative estimate of drug-likeness (QED) is 0.714. The van der Waals surface area contributed by atoms with Gasteiger partial charge in [-0.25, -0.2) is 8.78 Å². The Bertz CT molecular complexity index is 624. The van der Waals surface area contributed by atoms with Gasteiger partial charge in [0, 0.05) is 30.0 Å². The molecule has 0 spiro atoms. The molecule has 118 valence electrons. The molecule has 0 aliphatic carbocycles. The van der Waals surface area contributed by atoms with E-state index in [-0.39, 0.29) is 30.0 Å². The first-order valence-electron chi connectivity index (χ1n) is 6.89. The zero-order valence-electron chi connectivity index (χ0n) is 12.0. The van der Waals surface area contributed by atoms with Crippen LogP contribution in [0.4, 0.5) is 20.2 Å². The summed E-state index contributed by atoms with van der Waals surface area (Å²) in [5.41, 5.74) is 6.79. The van der Waals surface area contributed by atoms with Crippen molar-refractivity contribution in [2.45, 2.75) is 0 Å². The maximum absolute atomic E-state index is 14.0. The molecule has 2 aromatic carbocycles. The topological polar surface area (TPSA) is 69.7 Å². The third-order valence-electron chi connectivity index (χ3n) is 3.37. The molecule has 0 unspecified atom stereocenters. The molecule has 0 bridgehead atoms. The predicted molar refractivity (Wildman–Crippen MR) is 82.6 cm³/mol. The molecule has 22 heavy (non-hydrogen) atoms. The van der Waals surface area contributed by atoms with Gasteiger partial charge in [-0.1, -0.05) is 6.07 Å². The molecule has 0 aromatic heterocycles. The second-order valence-corrected chi connectivity index (χ2v) is 4.80. The van der Waals surface area contributed by atoms with Gasteiger partial charge in [0.1, 0.15) is 11.6 Å². The van der Waals surface area contributed by atoms with Gasteiger partial charge in [0.25, 0.3) is 0 Å². The molecule has 0 heterocycles. The summed E-state index contributed by atoms with van der Waals surface area (Å²) in [6, 6.07) is 8.43. The number of benzene rings is 2. The van der Waals surface area contributed by atoms with Crippen molar-refractivity contribution in [3.8, 4) is 11.1 Å². The monoisotopic (exact) mass is 308 g/mol. The van der Waals surface area contributed by atoms with Gasteiger partial charge in [-0.15, -0.1) is 0 Å². The minimum Gasteiger partial charge on any atom is -0.398 e. The number of aliphatic hydroxyl groups excluding tert-OH is 2. The molecule has 0 aliphatic rings. The lowest BCUT2D eigenvalue weighted by Gasteiger charge is -2.24. The Morgan fingerprint density at radius 3 is 2.09 bits per heavy atom. The molecule has 0 saturated carbocycles. The van der Waals surface area contributed by atoms with E-state index in [2.05, 4.69) is 0 Å². The van der Waals surface area contributed by atoms with Gasteiger partial charge in [0.15, 0.2) is 0 Å². The number of halogens is 2. The van der Waals surface area contributed by atoms with Gasteiger partial charge in [-0.3, -0.25) is 0 Å². The minimum absolute atomic E-state index is 0.103. The second-order valence-electron chi connectivity index (χ2n) is 4.80. The summed E-state index contributed by atoms with van der Waals surface area (Å²) < 4.78 is 27.9. The van der Waals surface area contributed by atoms with Crippen LogP contribution in [0.1, 0.15) is 0 Å². The first-order chi connectivity index (χ1) is 10.6. The average molecular weight is 308 g/mol. The summed E-state index contributed by atoms with van der Waals surface area (Å²) in [6.07, 6.45) is 0. The fourth-order valence-electron chi connectivity index (χ4n) is 2.32. The molecule has 0 saturated heterocycles. The first kappa shape index (κ1) is 16.2. The number of rotatable bonds is 6. The molecule has 0 amide bonds. The molecule has 2 rings (SSSR count). The van der Waals surface area contributed by atoms with Crippen molar-refractivity contribution in [3.63, 3.8) is 0 Å². The Kier molecular flexibility index (Phi) is 5.30. The number of nitrogens with zero attached hydrogens (tertiary/aromatic N) is 1. The summed E-state index contributed by atoms with van der Waals surface area (Å²) >= 11 is 0. The lowest BCUT2D eigenvalue weighted by Crippen LogP contribution is -2.29. The van der Waals surface area contributed by atoms with E-state index in [0.29, 0.717) is 18.8 Å². The molecular formula is C16H18F2N2O2. The Labute approximate surface area is 127 Å². The van der Waals surface area contributed by atoms with Gasteiger partial charge in [0.05, 0.1) is 18.8 Å². The molecule has 4 nitrogen and oxygen atoms in total. The molecule has 0 atom stereocenters. The predicted octanol–water partition coefficient (Wildman–Crippen LogP) is 2.00. The highest BCUT2D eigenvalue weighted by molar-refractivity contribution is 5.80. The van der Waals surface area contributed by atoms with E-state index in [0.717, 1.165) is 0 Å². The number of nitrogens with two attached hydrogens (primary N) is 1. The lowest BCUT2D eigenvalue weighted by molar-refractivity contribution is 0.281. The summed E-state index contributed by atoms with van der Waals surface area (Å²) in [4.78, 5) is 1.71. The summed E-state index contributed by atoms with van der Waals surface area (Å²) in [6.45, 7) is 0.384. The van der Waals surface area contributed by atoms with E-state index in [1.165, 1.54) is 18.2 Å². The van der Waals surface area contributed by atoms with Crippen molar-refractivity contribution in [2.75, 3.05) is 36.9 Å². The average Bonchev–Trinajstić information content (AvgIpc) is 2.49. The van der Waals surface area contributed by atoms with Crippen LogP contribution in [-0.4, -0.2) is 36.5 Å². The largest absolute Gasteiger partial charge is 0.398 e. The van der Waals surface area contributed by atoms with Crippen LogP contribution in [0.25, 0.3) is 11.1 Å². The van der Waals surface area contributed by atoms with Gasteiger partial charge >= 0.3 is 0 Å². The highest BCUT2D eigenvalue weighted by Gasteiger charge is 2.16. The van der Waals surface area contributed by atoms with Crippen LogP contribution in [0.3, 0.4) is 0 Å². The van der Waals surface area contributed by atoms with Crippen LogP contribution in [0.15, 0.2) is 36.4 Å². The number of hydrogen-bond acceptors (Lipinski definition) is 4. The second kappa shape index (κ2) is 7.20. The molecule has 0 aliphatic heterocycles. The fourth-order valence-corrected chi connectivity index (χ4v) is 2.32. The fraction of sp³-hybridized carbons (Fsp3) is 0.250. The highest BCUT2D eigenvalue weighted by Crippen LogP contribution is 2.33. The van der Waals surface area contributed by atoms with E-state index in [1.54, 1.807) is 23.1 Å². The Morgan fingerprint density at radius 1 is 0.955 bits per heavy atom. The minimum atomic E-state index is -0.695. The van der Waals surface area contributed by atoms with Gasteiger partial charge in [0.2, 0.25) is 0 Å². The van der Waals surface area contributed by atoms with Crippen molar-refractivity contribution >= 4 is 11.4 Å². The van der Waals surface area contributed by atoms with Crippen LogP contribution >= 0.6 is 0 Å². The van der Waals surface area contributed by atoms with Crippen LogP contribution in [0.5, 0.6) is 0 Å². The van der Waals surface area contributed by atoms with Gasteiger partial charge < -0.3 is 20.8 Å². The first-order valence-corrected chi connectivity index (χ1v) is 6.89. The number of aliphatic hydroxyl groups is 2. The van der Waals surface area contributed by atoms with E-state index in [1.807, 2.05) is 0 Å². The number of nitrogen functional groups attached to an aromatic ring is 1. The van der Waals surface area contributed by atoms with Gasteiger partial charge in [-0.2, -0.15) is 0 Å². The molecule has 0 fully saturated rings. The van der Waals surface area contributed by atoms with Crippen LogP contribution in [0.2, 0.25) is 0 Å². The van der Waals surface area contributed by atoms with E-state index in [9.17, 15) is 8.78 Å².